The standard InChI is InChI=1S/C12H16BrN5O/c1-4-18-11(10(13)6-15-18)8-16(2)12(19)9-5-14-17(3)7-9/h5-7H,4,8H2,1-3H3. The zero-order valence-corrected chi connectivity index (χ0v) is 12.8. The van der Waals surface area contributed by atoms with Crippen LogP contribution in [0.1, 0.15) is 23.0 Å². The molecule has 0 atom stereocenters. The molecule has 0 aliphatic heterocycles. The van der Waals surface area contributed by atoms with Crippen molar-refractivity contribution in [1.82, 2.24) is 24.5 Å². The highest BCUT2D eigenvalue weighted by Crippen LogP contribution is 2.18. The monoisotopic (exact) mass is 325 g/mol. The van der Waals surface area contributed by atoms with Gasteiger partial charge in [0.2, 0.25) is 0 Å². The molecule has 2 rings (SSSR count). The van der Waals surface area contributed by atoms with Gasteiger partial charge in [0.05, 0.1) is 34.7 Å². The highest BCUT2D eigenvalue weighted by molar-refractivity contribution is 9.10. The lowest BCUT2D eigenvalue weighted by molar-refractivity contribution is 0.0781. The molecule has 7 heteroatoms. The summed E-state index contributed by atoms with van der Waals surface area (Å²) < 4.78 is 4.41. The predicted octanol–water partition coefficient (Wildman–Crippen LogP) is 1.67. The molecule has 2 aromatic rings. The smallest absolute Gasteiger partial charge is 0.257 e. The van der Waals surface area contributed by atoms with Crippen molar-refractivity contribution in [2.24, 2.45) is 7.05 Å². The number of halogens is 1. The summed E-state index contributed by atoms with van der Waals surface area (Å²) in [6.07, 6.45) is 5.04. The van der Waals surface area contributed by atoms with Crippen LogP contribution in [-0.4, -0.2) is 37.4 Å². The second-order valence-corrected chi connectivity index (χ2v) is 5.17. The topological polar surface area (TPSA) is 56.0 Å². The van der Waals surface area contributed by atoms with Crippen LogP contribution >= 0.6 is 15.9 Å². The van der Waals surface area contributed by atoms with Crippen molar-refractivity contribution < 1.29 is 4.79 Å². The zero-order chi connectivity index (χ0) is 14.0. The fourth-order valence-corrected chi connectivity index (χ4v) is 2.29. The SMILES string of the molecule is CCn1ncc(Br)c1CN(C)C(=O)c1cnn(C)c1. The van der Waals surface area contributed by atoms with Gasteiger partial charge in [0, 0.05) is 26.8 Å². The molecule has 0 saturated heterocycles. The molecule has 0 N–H and O–H groups in total. The Labute approximate surface area is 120 Å². The van der Waals surface area contributed by atoms with E-state index in [0.717, 1.165) is 16.7 Å². The van der Waals surface area contributed by atoms with E-state index in [1.165, 1.54) is 0 Å². The van der Waals surface area contributed by atoms with Gasteiger partial charge < -0.3 is 4.90 Å². The zero-order valence-electron chi connectivity index (χ0n) is 11.2. The van der Waals surface area contributed by atoms with Crippen molar-refractivity contribution in [3.8, 4) is 0 Å². The van der Waals surface area contributed by atoms with Crippen LogP contribution < -0.4 is 0 Å². The summed E-state index contributed by atoms with van der Waals surface area (Å²) in [7, 11) is 3.56. The summed E-state index contributed by atoms with van der Waals surface area (Å²) in [5.41, 5.74) is 1.57. The highest BCUT2D eigenvalue weighted by Gasteiger charge is 2.17. The summed E-state index contributed by atoms with van der Waals surface area (Å²) >= 11 is 3.46. The molecule has 0 spiro atoms. The quantitative estimate of drug-likeness (QED) is 0.859. The highest BCUT2D eigenvalue weighted by atomic mass is 79.9. The average molecular weight is 326 g/mol. The minimum atomic E-state index is -0.0520. The molecule has 0 aliphatic rings. The molecule has 0 aromatic carbocycles. The van der Waals surface area contributed by atoms with Crippen LogP contribution in [0.5, 0.6) is 0 Å². The Morgan fingerprint density at radius 3 is 2.74 bits per heavy atom. The fourth-order valence-electron chi connectivity index (χ4n) is 1.87. The number of hydrogen-bond acceptors (Lipinski definition) is 3. The summed E-state index contributed by atoms with van der Waals surface area (Å²) in [5, 5.41) is 8.25. The molecule has 0 bridgehead atoms. The molecular weight excluding hydrogens is 310 g/mol. The van der Waals surface area contributed by atoms with Crippen molar-refractivity contribution in [1.29, 1.82) is 0 Å². The molecule has 0 fully saturated rings. The summed E-state index contributed by atoms with van der Waals surface area (Å²) in [6, 6.07) is 0. The third-order valence-corrected chi connectivity index (χ3v) is 3.55. The Balaban J connectivity index is 2.14. The van der Waals surface area contributed by atoms with E-state index in [0.29, 0.717) is 12.1 Å². The summed E-state index contributed by atoms with van der Waals surface area (Å²) in [6.45, 7) is 3.30. The lowest BCUT2D eigenvalue weighted by Gasteiger charge is -2.17. The molecule has 0 saturated carbocycles. The van der Waals surface area contributed by atoms with E-state index in [2.05, 4.69) is 26.1 Å². The van der Waals surface area contributed by atoms with Gasteiger partial charge in [-0.05, 0) is 22.9 Å². The van der Waals surface area contributed by atoms with E-state index in [1.54, 1.807) is 42.3 Å². The summed E-state index contributed by atoms with van der Waals surface area (Å²) in [5.74, 6) is -0.0520. The minimum Gasteiger partial charge on any atom is -0.336 e. The van der Waals surface area contributed by atoms with Crippen LogP contribution in [0.2, 0.25) is 0 Å². The third-order valence-electron chi connectivity index (χ3n) is 2.88. The van der Waals surface area contributed by atoms with Crippen LogP contribution in [-0.2, 0) is 20.1 Å². The maximum atomic E-state index is 12.2. The van der Waals surface area contributed by atoms with Gasteiger partial charge >= 0.3 is 0 Å². The van der Waals surface area contributed by atoms with E-state index in [-0.39, 0.29) is 5.91 Å². The molecule has 2 aromatic heterocycles. The molecule has 19 heavy (non-hydrogen) atoms. The van der Waals surface area contributed by atoms with E-state index in [1.807, 2.05) is 11.6 Å². The molecule has 0 radical (unpaired) electrons. The van der Waals surface area contributed by atoms with Gasteiger partial charge in [0.15, 0.2) is 0 Å². The first-order valence-corrected chi connectivity index (χ1v) is 6.76. The van der Waals surface area contributed by atoms with Crippen molar-refractivity contribution in [3.05, 3.63) is 34.3 Å². The first kappa shape index (κ1) is 13.8. The van der Waals surface area contributed by atoms with Crippen molar-refractivity contribution in [2.75, 3.05) is 7.05 Å². The lowest BCUT2D eigenvalue weighted by Crippen LogP contribution is -2.27. The first-order chi connectivity index (χ1) is 9.02. The number of carbonyl (C=O) groups excluding carboxylic acids is 1. The van der Waals surface area contributed by atoms with Crippen molar-refractivity contribution in [2.45, 2.75) is 20.0 Å². The number of nitrogens with zero attached hydrogens (tertiary/aromatic N) is 5. The van der Waals surface area contributed by atoms with Crippen LogP contribution in [0.3, 0.4) is 0 Å². The number of hydrogen-bond donors (Lipinski definition) is 0. The van der Waals surface area contributed by atoms with Crippen molar-refractivity contribution in [3.63, 3.8) is 0 Å². The van der Waals surface area contributed by atoms with Gasteiger partial charge in [0.1, 0.15) is 0 Å². The van der Waals surface area contributed by atoms with Gasteiger partial charge in [-0.15, -0.1) is 0 Å². The molecule has 0 unspecified atom stereocenters. The Morgan fingerprint density at radius 1 is 1.42 bits per heavy atom. The molecule has 6 nitrogen and oxygen atoms in total. The molecule has 0 aliphatic carbocycles. The van der Waals surface area contributed by atoms with Crippen LogP contribution in [0.15, 0.2) is 23.1 Å². The van der Waals surface area contributed by atoms with E-state index in [9.17, 15) is 4.79 Å². The average Bonchev–Trinajstić information content (AvgIpc) is 2.96. The molecular formula is C12H16BrN5O. The van der Waals surface area contributed by atoms with Gasteiger partial charge in [-0.3, -0.25) is 14.2 Å². The maximum Gasteiger partial charge on any atom is 0.257 e. The molecule has 102 valence electrons. The minimum absolute atomic E-state index is 0.0520. The predicted molar refractivity (Wildman–Crippen MR) is 74.6 cm³/mol. The Morgan fingerprint density at radius 2 is 2.16 bits per heavy atom. The van der Waals surface area contributed by atoms with Gasteiger partial charge in [-0.2, -0.15) is 10.2 Å². The Hall–Kier alpha value is -1.63. The Kier molecular flexibility index (Phi) is 4.04. The number of aromatic nitrogens is 4. The summed E-state index contributed by atoms with van der Waals surface area (Å²) in [4.78, 5) is 13.9. The van der Waals surface area contributed by atoms with Crippen LogP contribution in [0.4, 0.5) is 0 Å². The maximum absolute atomic E-state index is 12.2. The van der Waals surface area contributed by atoms with Gasteiger partial charge in [0.25, 0.3) is 5.91 Å². The number of amides is 1. The second kappa shape index (κ2) is 5.56. The third kappa shape index (κ3) is 2.86. The normalized spacial score (nSPS) is 10.7. The van der Waals surface area contributed by atoms with Crippen LogP contribution in [0, 0.1) is 0 Å². The number of aryl methyl sites for hydroxylation is 2. The second-order valence-electron chi connectivity index (χ2n) is 4.32. The Bertz CT molecular complexity index is 589. The van der Waals surface area contributed by atoms with E-state index in [4.69, 9.17) is 0 Å². The van der Waals surface area contributed by atoms with Crippen molar-refractivity contribution >= 4 is 21.8 Å². The largest absolute Gasteiger partial charge is 0.336 e. The first-order valence-electron chi connectivity index (χ1n) is 5.97. The lowest BCUT2D eigenvalue weighted by atomic mass is 10.3. The molecule has 1 amide bonds. The van der Waals surface area contributed by atoms with Gasteiger partial charge in [-0.25, -0.2) is 0 Å². The van der Waals surface area contributed by atoms with E-state index < -0.39 is 0 Å². The fraction of sp³-hybridized carbons (Fsp3) is 0.417. The molecule has 2 heterocycles. The van der Waals surface area contributed by atoms with Crippen LogP contribution in [0.25, 0.3) is 0 Å². The number of carbonyl (C=O) groups is 1. The number of rotatable bonds is 4. The van der Waals surface area contributed by atoms with E-state index >= 15 is 0 Å². The van der Waals surface area contributed by atoms with Gasteiger partial charge in [-0.1, -0.05) is 0 Å².